The first-order chi connectivity index (χ1) is 7.98. The van der Waals surface area contributed by atoms with Crippen LogP contribution in [0.25, 0.3) is 0 Å². The van der Waals surface area contributed by atoms with Gasteiger partial charge >= 0.3 is 0 Å². The van der Waals surface area contributed by atoms with Crippen LogP contribution >= 0.6 is 0 Å². The van der Waals surface area contributed by atoms with E-state index in [1.54, 1.807) is 33.3 Å². The molecule has 0 saturated carbocycles. The Morgan fingerprint density at radius 1 is 1.24 bits per heavy atom. The molecule has 0 unspecified atom stereocenters. The first kappa shape index (κ1) is 12.2. The van der Waals surface area contributed by atoms with Gasteiger partial charge in [-0.1, -0.05) is 0 Å². The maximum Gasteiger partial charge on any atom is 0.125 e. The third-order valence-corrected chi connectivity index (χ3v) is 3.24. The second-order valence-corrected chi connectivity index (χ2v) is 4.76. The highest BCUT2D eigenvalue weighted by Gasteiger charge is 2.36. The van der Waals surface area contributed by atoms with Crippen LogP contribution in [0.2, 0.25) is 0 Å². The lowest BCUT2D eigenvalue weighted by Crippen LogP contribution is -2.34. The quantitative estimate of drug-likeness (QED) is 0.818. The minimum absolute atomic E-state index is 0.309. The van der Waals surface area contributed by atoms with Crippen molar-refractivity contribution < 1.29 is 19.7 Å². The second-order valence-electron chi connectivity index (χ2n) is 4.76. The van der Waals surface area contributed by atoms with E-state index in [2.05, 4.69) is 0 Å². The number of fused-ring (bicyclic) bond motifs is 1. The fourth-order valence-corrected chi connectivity index (χ4v) is 2.51. The Morgan fingerprint density at radius 2 is 1.82 bits per heavy atom. The summed E-state index contributed by atoms with van der Waals surface area (Å²) in [4.78, 5) is 0. The van der Waals surface area contributed by atoms with Crippen molar-refractivity contribution in [1.82, 2.24) is 0 Å². The maximum atomic E-state index is 10.1. The van der Waals surface area contributed by atoms with Gasteiger partial charge < -0.3 is 19.7 Å². The molecule has 4 nitrogen and oxygen atoms in total. The van der Waals surface area contributed by atoms with E-state index in [0.29, 0.717) is 24.3 Å². The number of hydrogen-bond acceptors (Lipinski definition) is 4. The number of rotatable bonds is 2. The molecule has 1 aliphatic carbocycles. The van der Waals surface area contributed by atoms with Gasteiger partial charge in [-0.2, -0.15) is 0 Å². The van der Waals surface area contributed by atoms with Crippen LogP contribution < -0.4 is 9.47 Å². The molecule has 2 atom stereocenters. The summed E-state index contributed by atoms with van der Waals surface area (Å²) in [6.45, 7) is 1.72. The summed E-state index contributed by atoms with van der Waals surface area (Å²) in [5.74, 6) is 1.32. The van der Waals surface area contributed by atoms with Crippen molar-refractivity contribution in [3.05, 3.63) is 23.3 Å². The Hall–Kier alpha value is -1.26. The van der Waals surface area contributed by atoms with Gasteiger partial charge in [-0.15, -0.1) is 0 Å². The monoisotopic (exact) mass is 238 g/mol. The van der Waals surface area contributed by atoms with E-state index in [1.807, 2.05) is 0 Å². The third kappa shape index (κ3) is 2.10. The van der Waals surface area contributed by atoms with Crippen molar-refractivity contribution in [2.24, 2.45) is 0 Å². The highest BCUT2D eigenvalue weighted by molar-refractivity contribution is 5.52. The van der Waals surface area contributed by atoms with Gasteiger partial charge in [0.1, 0.15) is 11.5 Å². The van der Waals surface area contributed by atoms with E-state index in [1.165, 1.54) is 0 Å². The fourth-order valence-electron chi connectivity index (χ4n) is 2.51. The van der Waals surface area contributed by atoms with Gasteiger partial charge in [-0.25, -0.2) is 0 Å². The summed E-state index contributed by atoms with van der Waals surface area (Å²) >= 11 is 0. The molecule has 17 heavy (non-hydrogen) atoms. The van der Waals surface area contributed by atoms with Crippen LogP contribution in [0.15, 0.2) is 12.1 Å². The zero-order valence-electron chi connectivity index (χ0n) is 10.4. The number of ether oxygens (including phenoxy) is 2. The summed E-state index contributed by atoms with van der Waals surface area (Å²) < 4.78 is 10.5. The molecule has 1 aromatic carbocycles. The molecular weight excluding hydrogens is 220 g/mol. The van der Waals surface area contributed by atoms with Crippen LogP contribution in [0.4, 0.5) is 0 Å². The molecule has 1 aromatic rings. The SMILES string of the molecule is COc1ccc(OC)c2c1C[C@](C)(O)C[C@H]2O. The molecule has 0 aliphatic heterocycles. The molecule has 0 amide bonds. The molecule has 0 radical (unpaired) electrons. The standard InChI is InChI=1S/C13H18O4/c1-13(15)6-8-10(16-2)4-5-11(17-3)12(8)9(14)7-13/h4-5,9,14-15H,6-7H2,1-3H3/t9-,13+/m1/s1. The predicted octanol–water partition coefficient (Wildman–Crippen LogP) is 1.43. The van der Waals surface area contributed by atoms with Crippen molar-refractivity contribution in [3.63, 3.8) is 0 Å². The normalized spacial score (nSPS) is 27.5. The lowest BCUT2D eigenvalue weighted by molar-refractivity contribution is -0.00896. The lowest BCUT2D eigenvalue weighted by Gasteiger charge is -2.34. The van der Waals surface area contributed by atoms with Gasteiger partial charge in [-0.3, -0.25) is 0 Å². The van der Waals surface area contributed by atoms with Crippen LogP contribution in [-0.2, 0) is 6.42 Å². The van der Waals surface area contributed by atoms with E-state index in [4.69, 9.17) is 9.47 Å². The molecular formula is C13H18O4. The molecule has 2 N–H and O–H groups in total. The first-order valence-corrected chi connectivity index (χ1v) is 5.62. The molecule has 94 valence electrons. The number of aliphatic hydroxyl groups excluding tert-OH is 1. The van der Waals surface area contributed by atoms with Crippen LogP contribution in [-0.4, -0.2) is 30.0 Å². The zero-order valence-corrected chi connectivity index (χ0v) is 10.4. The zero-order chi connectivity index (χ0) is 12.6. The summed E-state index contributed by atoms with van der Waals surface area (Å²) in [7, 11) is 3.15. The molecule has 0 saturated heterocycles. The van der Waals surface area contributed by atoms with Crippen molar-refractivity contribution in [2.45, 2.75) is 31.5 Å². The van der Waals surface area contributed by atoms with Gasteiger partial charge in [0.05, 0.1) is 25.9 Å². The molecule has 0 heterocycles. The third-order valence-electron chi connectivity index (χ3n) is 3.24. The maximum absolute atomic E-state index is 10.1. The van der Waals surface area contributed by atoms with Gasteiger partial charge in [0.15, 0.2) is 0 Å². The van der Waals surface area contributed by atoms with Crippen molar-refractivity contribution >= 4 is 0 Å². The average Bonchev–Trinajstić information content (AvgIpc) is 2.25. The van der Waals surface area contributed by atoms with Crippen LogP contribution in [0.1, 0.15) is 30.6 Å². The summed E-state index contributed by atoms with van der Waals surface area (Å²) in [6.07, 6.45) is 0.0438. The Balaban J connectivity index is 2.59. The van der Waals surface area contributed by atoms with Crippen LogP contribution in [0.3, 0.4) is 0 Å². The molecule has 0 fully saturated rings. The summed E-state index contributed by atoms with van der Waals surface area (Å²) in [6, 6.07) is 3.58. The molecule has 1 aliphatic rings. The van der Waals surface area contributed by atoms with Crippen LogP contribution in [0.5, 0.6) is 11.5 Å². The minimum atomic E-state index is -0.911. The van der Waals surface area contributed by atoms with Gasteiger partial charge in [0, 0.05) is 24.0 Å². The minimum Gasteiger partial charge on any atom is -0.496 e. The Bertz CT molecular complexity index is 426. The summed E-state index contributed by atoms with van der Waals surface area (Å²) in [5, 5.41) is 20.3. The van der Waals surface area contributed by atoms with Crippen LogP contribution in [0, 0.1) is 0 Å². The van der Waals surface area contributed by atoms with E-state index >= 15 is 0 Å². The smallest absolute Gasteiger partial charge is 0.125 e. The molecule has 0 spiro atoms. The Labute approximate surface area is 101 Å². The highest BCUT2D eigenvalue weighted by atomic mass is 16.5. The number of aliphatic hydroxyl groups is 2. The number of methoxy groups -OCH3 is 2. The van der Waals surface area contributed by atoms with Crippen molar-refractivity contribution in [3.8, 4) is 11.5 Å². The van der Waals surface area contributed by atoms with E-state index in [9.17, 15) is 10.2 Å². The largest absolute Gasteiger partial charge is 0.496 e. The highest BCUT2D eigenvalue weighted by Crippen LogP contribution is 2.44. The molecule has 0 bridgehead atoms. The number of hydrogen-bond donors (Lipinski definition) is 2. The van der Waals surface area contributed by atoms with E-state index in [-0.39, 0.29) is 0 Å². The average molecular weight is 238 g/mol. The molecule has 4 heteroatoms. The van der Waals surface area contributed by atoms with Gasteiger partial charge in [0.25, 0.3) is 0 Å². The van der Waals surface area contributed by atoms with Crippen molar-refractivity contribution in [1.29, 1.82) is 0 Å². The molecule has 2 rings (SSSR count). The van der Waals surface area contributed by atoms with E-state index < -0.39 is 11.7 Å². The fraction of sp³-hybridized carbons (Fsp3) is 0.538. The van der Waals surface area contributed by atoms with Gasteiger partial charge in [0.2, 0.25) is 0 Å². The predicted molar refractivity (Wildman–Crippen MR) is 63.5 cm³/mol. The topological polar surface area (TPSA) is 58.9 Å². The van der Waals surface area contributed by atoms with E-state index in [0.717, 1.165) is 11.1 Å². The van der Waals surface area contributed by atoms with Gasteiger partial charge in [-0.05, 0) is 19.1 Å². The molecule has 0 aromatic heterocycles. The first-order valence-electron chi connectivity index (χ1n) is 5.62. The second kappa shape index (κ2) is 4.20. The van der Waals surface area contributed by atoms with Crippen molar-refractivity contribution in [2.75, 3.05) is 14.2 Å². The summed E-state index contributed by atoms with van der Waals surface area (Å²) in [5.41, 5.74) is 0.653. The Morgan fingerprint density at radius 3 is 2.41 bits per heavy atom. The Kier molecular flexibility index (Phi) is 3.02. The lowest BCUT2D eigenvalue weighted by atomic mass is 9.79. The number of benzene rings is 1.